The third-order valence-electron chi connectivity index (χ3n) is 3.98. The largest absolute Gasteiger partial charge is 0.443 e. The Balaban J connectivity index is 2.16. The fraction of sp³-hybridized carbons (Fsp3) is 0.333. The highest BCUT2D eigenvalue weighted by Gasteiger charge is 2.32. The summed E-state index contributed by atoms with van der Waals surface area (Å²) >= 11 is 22.7. The second kappa shape index (κ2) is 6.86. The number of carbonyl (C=O) groups is 1. The molecule has 4 nitrogen and oxygen atoms in total. The number of anilines is 1. The van der Waals surface area contributed by atoms with E-state index < -0.39 is 11.7 Å². The number of halogens is 4. The Morgan fingerprint density at radius 2 is 1.88 bits per heavy atom. The molecule has 8 heteroatoms. The first kappa shape index (κ1) is 19.7. The lowest BCUT2D eigenvalue weighted by Gasteiger charge is -2.26. The average molecular weight is 479 g/mol. The molecule has 0 radical (unpaired) electrons. The van der Waals surface area contributed by atoms with Gasteiger partial charge in [0, 0.05) is 30.8 Å². The van der Waals surface area contributed by atoms with Gasteiger partial charge in [-0.3, -0.25) is 9.88 Å². The van der Waals surface area contributed by atoms with E-state index in [1.165, 1.54) is 4.90 Å². The van der Waals surface area contributed by atoms with Crippen LogP contribution in [-0.2, 0) is 11.2 Å². The van der Waals surface area contributed by atoms with E-state index in [0.717, 1.165) is 16.8 Å². The summed E-state index contributed by atoms with van der Waals surface area (Å²) in [4.78, 5) is 18.4. The molecule has 0 fully saturated rings. The average Bonchev–Trinajstić information content (AvgIpc) is 2.92. The van der Waals surface area contributed by atoms with Crippen LogP contribution in [0.25, 0.3) is 11.1 Å². The predicted molar refractivity (Wildman–Crippen MR) is 110 cm³/mol. The van der Waals surface area contributed by atoms with Crippen molar-refractivity contribution in [3.05, 3.63) is 43.1 Å². The molecule has 138 valence electrons. The number of hydrogen-bond donors (Lipinski definition) is 0. The maximum absolute atomic E-state index is 12.5. The maximum Gasteiger partial charge on any atom is 0.414 e. The Morgan fingerprint density at radius 1 is 1.23 bits per heavy atom. The van der Waals surface area contributed by atoms with Crippen molar-refractivity contribution in [1.29, 1.82) is 0 Å². The molecule has 1 heterocycles. The van der Waals surface area contributed by atoms with E-state index in [0.29, 0.717) is 37.2 Å². The van der Waals surface area contributed by atoms with Gasteiger partial charge >= 0.3 is 6.09 Å². The lowest BCUT2D eigenvalue weighted by atomic mass is 10.0. The zero-order valence-electron chi connectivity index (χ0n) is 14.6. The second-order valence-corrected chi connectivity index (χ2v) is 9.02. The van der Waals surface area contributed by atoms with Gasteiger partial charge in [-0.15, -0.1) is 0 Å². The molecule has 0 unspecified atom stereocenters. The lowest BCUT2D eigenvalue weighted by molar-refractivity contribution is 0.0589. The summed E-state index contributed by atoms with van der Waals surface area (Å²) in [5.41, 5.74) is 3.09. The van der Waals surface area contributed by atoms with Gasteiger partial charge in [0.15, 0.2) is 0 Å². The van der Waals surface area contributed by atoms with Crippen molar-refractivity contribution >= 4 is 62.5 Å². The third-order valence-corrected chi connectivity index (χ3v) is 5.99. The van der Waals surface area contributed by atoms with Gasteiger partial charge in [-0.05, 0) is 48.3 Å². The smallest absolute Gasteiger partial charge is 0.414 e. The fourth-order valence-corrected chi connectivity index (χ4v) is 3.89. The third kappa shape index (κ3) is 3.42. The normalized spacial score (nSPS) is 12.6. The van der Waals surface area contributed by atoms with Crippen molar-refractivity contribution in [2.75, 3.05) is 11.9 Å². The van der Waals surface area contributed by atoms with E-state index in [4.69, 9.17) is 39.5 Å². The van der Waals surface area contributed by atoms with Crippen molar-refractivity contribution < 1.29 is 9.53 Å². The van der Waals surface area contributed by atoms with Gasteiger partial charge in [0.1, 0.15) is 5.60 Å². The zero-order chi connectivity index (χ0) is 19.4. The summed E-state index contributed by atoms with van der Waals surface area (Å²) in [5, 5.41) is 1.24. The van der Waals surface area contributed by atoms with E-state index in [9.17, 15) is 4.79 Å². The Kier molecular flexibility index (Phi) is 5.21. The van der Waals surface area contributed by atoms with E-state index >= 15 is 0 Å². The summed E-state index contributed by atoms with van der Waals surface area (Å²) in [6.07, 6.45) is 1.67. The molecule has 1 aromatic heterocycles. The van der Waals surface area contributed by atoms with Crippen molar-refractivity contribution in [3.63, 3.8) is 0 Å². The molecule has 1 amide bonds. The van der Waals surface area contributed by atoms with Crippen LogP contribution in [0.3, 0.4) is 0 Å². The van der Waals surface area contributed by atoms with E-state index in [1.807, 2.05) is 20.8 Å². The Bertz CT molecular complexity index is 926. The van der Waals surface area contributed by atoms with Crippen LogP contribution in [0.4, 0.5) is 10.5 Å². The van der Waals surface area contributed by atoms with Crippen LogP contribution in [0, 0.1) is 0 Å². The summed E-state index contributed by atoms with van der Waals surface area (Å²) in [5.74, 6) is 0. The maximum atomic E-state index is 12.5. The molecule has 0 saturated carbocycles. The van der Waals surface area contributed by atoms with Crippen molar-refractivity contribution in [2.24, 2.45) is 0 Å². The first-order valence-electron chi connectivity index (χ1n) is 7.82. The number of ether oxygens (including phenoxy) is 1. The minimum Gasteiger partial charge on any atom is -0.443 e. The van der Waals surface area contributed by atoms with E-state index in [2.05, 4.69) is 20.9 Å². The van der Waals surface area contributed by atoms with Crippen LogP contribution in [0.1, 0.15) is 32.0 Å². The molecular weight excluding hydrogens is 462 g/mol. The number of hydrogen-bond acceptors (Lipinski definition) is 3. The van der Waals surface area contributed by atoms with Gasteiger partial charge in [-0.25, -0.2) is 4.79 Å². The van der Waals surface area contributed by atoms with Gasteiger partial charge in [-0.1, -0.05) is 34.8 Å². The lowest BCUT2D eigenvalue weighted by Crippen LogP contribution is -2.34. The highest BCUT2D eigenvalue weighted by molar-refractivity contribution is 9.10. The number of pyridine rings is 1. The Labute approximate surface area is 175 Å². The van der Waals surface area contributed by atoms with E-state index in [-0.39, 0.29) is 0 Å². The van der Waals surface area contributed by atoms with Gasteiger partial charge in [-0.2, -0.15) is 0 Å². The van der Waals surface area contributed by atoms with Crippen LogP contribution in [-0.4, -0.2) is 23.7 Å². The number of amides is 1. The fourth-order valence-electron chi connectivity index (χ4n) is 2.88. The van der Waals surface area contributed by atoms with Crippen molar-refractivity contribution in [2.45, 2.75) is 32.8 Å². The molecule has 0 bridgehead atoms. The highest BCUT2D eigenvalue weighted by Crippen LogP contribution is 2.51. The Hall–Kier alpha value is -1.01. The number of fused-ring (bicyclic) bond motifs is 3. The van der Waals surface area contributed by atoms with Crippen LogP contribution in [0.2, 0.25) is 15.1 Å². The van der Waals surface area contributed by atoms with Gasteiger partial charge in [0.2, 0.25) is 0 Å². The minimum absolute atomic E-state index is 0.333. The summed E-state index contributed by atoms with van der Waals surface area (Å²) < 4.78 is 6.14. The monoisotopic (exact) mass is 476 g/mol. The standard InChI is InChI=1S/C18H16BrCl3N2O2/c1-18(2,3)26-17(25)24(4)12-6-10(20)16(22)13-8(12)5-11-14(13)15(21)9(19)7-23-11/h6-7H,5H2,1-4H3. The van der Waals surface area contributed by atoms with Gasteiger partial charge < -0.3 is 4.74 Å². The molecule has 3 rings (SSSR count). The van der Waals surface area contributed by atoms with Gasteiger partial charge in [0.05, 0.1) is 30.9 Å². The molecule has 0 saturated heterocycles. The number of nitrogens with zero attached hydrogens (tertiary/aromatic N) is 2. The molecule has 1 aliphatic carbocycles. The zero-order valence-corrected chi connectivity index (χ0v) is 18.4. The number of aromatic nitrogens is 1. The van der Waals surface area contributed by atoms with Crippen LogP contribution >= 0.6 is 50.7 Å². The number of rotatable bonds is 1. The molecule has 0 spiro atoms. The molecule has 26 heavy (non-hydrogen) atoms. The summed E-state index contributed by atoms with van der Waals surface area (Å²) in [6, 6.07) is 1.67. The summed E-state index contributed by atoms with van der Waals surface area (Å²) in [7, 11) is 1.64. The molecule has 0 aliphatic heterocycles. The molecule has 1 aromatic carbocycles. The highest BCUT2D eigenvalue weighted by atomic mass is 79.9. The van der Waals surface area contributed by atoms with Crippen LogP contribution in [0.15, 0.2) is 16.7 Å². The van der Waals surface area contributed by atoms with Crippen LogP contribution < -0.4 is 4.90 Å². The molecule has 2 aromatic rings. The topological polar surface area (TPSA) is 42.4 Å². The molecule has 0 N–H and O–H groups in total. The van der Waals surface area contributed by atoms with Crippen molar-refractivity contribution in [1.82, 2.24) is 4.98 Å². The number of benzene rings is 1. The molecule has 0 atom stereocenters. The SMILES string of the molecule is CN(C(=O)OC(C)(C)C)c1cc(Cl)c(Cl)c2c1Cc1ncc(Br)c(Cl)c1-2. The second-order valence-electron chi connectivity index (χ2n) is 7.00. The van der Waals surface area contributed by atoms with Crippen LogP contribution in [0.5, 0.6) is 0 Å². The first-order valence-corrected chi connectivity index (χ1v) is 9.74. The quantitative estimate of drug-likeness (QED) is 0.389. The van der Waals surface area contributed by atoms with E-state index in [1.54, 1.807) is 19.3 Å². The first-order chi connectivity index (χ1) is 12.0. The predicted octanol–water partition coefficient (Wildman–Crippen LogP) is 6.75. The van der Waals surface area contributed by atoms with Crippen molar-refractivity contribution in [3.8, 4) is 11.1 Å². The Morgan fingerprint density at radius 3 is 2.50 bits per heavy atom. The minimum atomic E-state index is -0.608. The molecular formula is C18H16BrCl3N2O2. The number of carbonyl (C=O) groups excluding carboxylic acids is 1. The van der Waals surface area contributed by atoms with Gasteiger partial charge in [0.25, 0.3) is 0 Å². The summed E-state index contributed by atoms with van der Waals surface area (Å²) in [6.45, 7) is 5.44. The molecule has 1 aliphatic rings.